The molecule has 0 aliphatic carbocycles. The topological polar surface area (TPSA) is 60.9 Å². The fourth-order valence-corrected chi connectivity index (χ4v) is 5.60. The molecule has 0 aliphatic heterocycles. The number of hydrogen-bond donors (Lipinski definition) is 0. The maximum Gasteiger partial charge on any atom is 0.350 e. The predicted octanol–water partition coefficient (Wildman–Crippen LogP) is 5.81. The van der Waals surface area contributed by atoms with Crippen molar-refractivity contribution in [3.8, 4) is 0 Å². The Morgan fingerprint density at radius 2 is 1.63 bits per heavy atom. The van der Waals surface area contributed by atoms with Crippen LogP contribution in [-0.2, 0) is 18.5 Å². The lowest BCUT2D eigenvalue weighted by atomic mass is 9.94. The molecule has 1 aromatic heterocycles. The van der Waals surface area contributed by atoms with Crippen LogP contribution in [0.5, 0.6) is 0 Å². The molecule has 0 amide bonds. The summed E-state index contributed by atoms with van der Waals surface area (Å²) in [6, 6.07) is 5.71. The molecule has 2 atom stereocenters. The maximum atomic E-state index is 13.8. The van der Waals surface area contributed by atoms with E-state index in [1.54, 1.807) is 11.3 Å². The minimum absolute atomic E-state index is 0.303. The van der Waals surface area contributed by atoms with Gasteiger partial charge in [0.15, 0.2) is 0 Å². The second-order valence-electron chi connectivity index (χ2n) is 8.61. The van der Waals surface area contributed by atoms with Gasteiger partial charge in [0, 0.05) is 11.7 Å². The first-order chi connectivity index (χ1) is 12.4. The van der Waals surface area contributed by atoms with Crippen molar-refractivity contribution in [2.45, 2.75) is 79.7 Å². The van der Waals surface area contributed by atoms with Crippen LogP contribution in [0.4, 0.5) is 0 Å². The Bertz CT molecular complexity index is 601. The van der Waals surface area contributed by atoms with E-state index in [0.717, 1.165) is 5.69 Å². The van der Waals surface area contributed by atoms with E-state index in [1.807, 2.05) is 80.5 Å². The average Bonchev–Trinajstić information content (AvgIpc) is 2.53. The first-order valence-corrected chi connectivity index (χ1v) is 11.2. The molecule has 27 heavy (non-hydrogen) atoms. The van der Waals surface area contributed by atoms with Crippen molar-refractivity contribution >= 4 is 7.60 Å². The molecule has 0 unspecified atom stereocenters. The lowest BCUT2D eigenvalue weighted by Gasteiger charge is -2.48. The van der Waals surface area contributed by atoms with Crippen molar-refractivity contribution in [3.05, 3.63) is 30.1 Å². The summed E-state index contributed by atoms with van der Waals surface area (Å²) in [4.78, 5) is 10.8. The molecule has 0 aliphatic rings. The van der Waals surface area contributed by atoms with E-state index >= 15 is 0 Å². The van der Waals surface area contributed by atoms with Gasteiger partial charge < -0.3 is 9.05 Å². The number of aromatic nitrogens is 1. The predicted molar refractivity (Wildman–Crippen MR) is 109 cm³/mol. The lowest BCUT2D eigenvalue weighted by Crippen LogP contribution is -2.53. The van der Waals surface area contributed by atoms with Crippen LogP contribution in [0, 0.1) is 5.41 Å². The van der Waals surface area contributed by atoms with Gasteiger partial charge in [-0.3, -0.25) is 14.4 Å². The third-order valence-corrected chi connectivity index (χ3v) is 6.77. The molecule has 0 saturated carbocycles. The Morgan fingerprint density at radius 3 is 2.00 bits per heavy atom. The van der Waals surface area contributed by atoms with Crippen LogP contribution in [0.3, 0.4) is 0 Å². The fraction of sp³-hybridized carbons (Fsp3) is 0.750. The van der Waals surface area contributed by atoms with Crippen LogP contribution >= 0.6 is 7.60 Å². The zero-order valence-corrected chi connectivity index (χ0v) is 19.2. The highest BCUT2D eigenvalue weighted by Crippen LogP contribution is 2.61. The number of pyridine rings is 1. The number of hydrogen-bond acceptors (Lipinski definition) is 6. The molecule has 1 rings (SSSR count). The van der Waals surface area contributed by atoms with Crippen LogP contribution in [0.1, 0.15) is 74.1 Å². The molecule has 0 fully saturated rings. The molecule has 7 heteroatoms. The first kappa shape index (κ1) is 24.3. The second kappa shape index (κ2) is 9.62. The summed E-state index contributed by atoms with van der Waals surface area (Å²) in [5, 5.41) is 1.79. The molecule has 1 heterocycles. The Hall–Kier alpha value is -0.780. The summed E-state index contributed by atoms with van der Waals surface area (Å²) in [5.41, 5.74) is -0.0518. The summed E-state index contributed by atoms with van der Waals surface area (Å²) in [6.07, 6.45) is 1.43. The largest absolute Gasteiger partial charge is 0.350 e. The van der Waals surface area contributed by atoms with E-state index in [2.05, 4.69) is 4.98 Å². The molecule has 0 saturated heterocycles. The Morgan fingerprint density at radius 1 is 1.07 bits per heavy atom. The van der Waals surface area contributed by atoms with Gasteiger partial charge in [-0.15, -0.1) is 0 Å². The molecule has 0 spiro atoms. The van der Waals surface area contributed by atoms with Crippen LogP contribution < -0.4 is 0 Å². The summed E-state index contributed by atoms with van der Waals surface area (Å²) >= 11 is 0. The third kappa shape index (κ3) is 6.65. The highest BCUT2D eigenvalue weighted by Gasteiger charge is 2.51. The summed E-state index contributed by atoms with van der Waals surface area (Å²) in [6.45, 7) is 18.3. The fourth-order valence-electron chi connectivity index (χ4n) is 2.92. The van der Waals surface area contributed by atoms with Crippen LogP contribution in [-0.4, -0.2) is 34.6 Å². The molecule has 0 bridgehead atoms. The molecule has 0 radical (unpaired) electrons. The Balaban J connectivity index is 3.39. The summed E-state index contributed by atoms with van der Waals surface area (Å²) in [7, 11) is -3.47. The van der Waals surface area contributed by atoms with E-state index in [9.17, 15) is 4.57 Å². The molecule has 6 nitrogen and oxygen atoms in total. The summed E-state index contributed by atoms with van der Waals surface area (Å²) < 4.78 is 25.2. The molecule has 0 aromatic carbocycles. The maximum absolute atomic E-state index is 13.8. The summed E-state index contributed by atoms with van der Waals surface area (Å²) in [5.74, 6) is -0.587. The monoisotopic (exact) mass is 400 g/mol. The highest BCUT2D eigenvalue weighted by molar-refractivity contribution is 7.54. The van der Waals surface area contributed by atoms with Crippen molar-refractivity contribution in [1.29, 1.82) is 0 Å². The Kier molecular flexibility index (Phi) is 8.64. The van der Waals surface area contributed by atoms with Gasteiger partial charge >= 0.3 is 7.60 Å². The molecule has 1 aromatic rings. The van der Waals surface area contributed by atoms with Gasteiger partial charge in [0.1, 0.15) is 11.9 Å². The van der Waals surface area contributed by atoms with Crippen LogP contribution in [0.2, 0.25) is 0 Å². The molecular formula is C20H37N2O4P. The average molecular weight is 401 g/mol. The van der Waals surface area contributed by atoms with Crippen molar-refractivity contribution in [3.63, 3.8) is 0 Å². The zero-order valence-electron chi connectivity index (χ0n) is 18.4. The third-order valence-electron chi connectivity index (χ3n) is 3.95. The van der Waals surface area contributed by atoms with Gasteiger partial charge in [-0.05, 0) is 59.1 Å². The van der Waals surface area contributed by atoms with Crippen molar-refractivity contribution < 1.29 is 18.5 Å². The smallest absolute Gasteiger partial charge is 0.308 e. The number of hydroxylamine groups is 2. The molecule has 0 N–H and O–H groups in total. The van der Waals surface area contributed by atoms with Crippen molar-refractivity contribution in [2.24, 2.45) is 5.41 Å². The van der Waals surface area contributed by atoms with Gasteiger partial charge in [-0.25, -0.2) is 0 Å². The number of rotatable bonds is 9. The van der Waals surface area contributed by atoms with Crippen LogP contribution in [0.25, 0.3) is 0 Å². The van der Waals surface area contributed by atoms with E-state index in [4.69, 9.17) is 13.9 Å². The van der Waals surface area contributed by atoms with Gasteiger partial charge in [-0.2, -0.15) is 5.06 Å². The second-order valence-corrected chi connectivity index (χ2v) is 10.7. The Labute approximate surface area is 165 Å². The standard InChI is InChI=1S/C20H37N2O4P/c1-10-24-27(23,25-11-2)18(19(4,5)6)22(20(7,8)9)26-16(3)17-14-12-13-15-21-17/h12-16,18H,10-11H2,1-9H3/t16-,18+/m1/s1. The van der Waals surface area contributed by atoms with E-state index in [0.29, 0.717) is 13.2 Å². The molecule has 156 valence electrons. The van der Waals surface area contributed by atoms with Gasteiger partial charge in [0.05, 0.1) is 18.9 Å². The minimum Gasteiger partial charge on any atom is -0.308 e. The van der Waals surface area contributed by atoms with E-state index < -0.39 is 24.3 Å². The number of nitrogens with zero attached hydrogens (tertiary/aromatic N) is 2. The lowest BCUT2D eigenvalue weighted by molar-refractivity contribution is -0.265. The van der Waals surface area contributed by atoms with Gasteiger partial charge in [0.25, 0.3) is 0 Å². The quantitative estimate of drug-likeness (QED) is 0.385. The van der Waals surface area contributed by atoms with Gasteiger partial charge in [-0.1, -0.05) is 26.8 Å². The van der Waals surface area contributed by atoms with Crippen molar-refractivity contribution in [1.82, 2.24) is 10.0 Å². The van der Waals surface area contributed by atoms with Crippen molar-refractivity contribution in [2.75, 3.05) is 13.2 Å². The van der Waals surface area contributed by atoms with E-state index in [1.165, 1.54) is 0 Å². The normalized spacial score (nSPS) is 15.8. The minimum atomic E-state index is -3.47. The zero-order chi connectivity index (χ0) is 20.9. The van der Waals surface area contributed by atoms with E-state index in [-0.39, 0.29) is 6.10 Å². The molecular weight excluding hydrogens is 363 g/mol. The first-order valence-electron chi connectivity index (χ1n) is 9.62. The highest BCUT2D eigenvalue weighted by atomic mass is 31.2. The SMILES string of the molecule is CCOP(=O)(OCC)[C@H](N(O[C@H](C)c1ccccn1)C(C)(C)C)C(C)(C)C. The van der Waals surface area contributed by atoms with Crippen LogP contribution in [0.15, 0.2) is 24.4 Å². The van der Waals surface area contributed by atoms with Gasteiger partial charge in [0.2, 0.25) is 0 Å².